The van der Waals surface area contributed by atoms with Gasteiger partial charge in [-0.3, -0.25) is 10.00 Å². The van der Waals surface area contributed by atoms with Crippen molar-refractivity contribution in [2.24, 2.45) is 5.92 Å². The lowest BCUT2D eigenvalue weighted by atomic mass is 9.88. The summed E-state index contributed by atoms with van der Waals surface area (Å²) in [7, 11) is 0. The van der Waals surface area contributed by atoms with Crippen molar-refractivity contribution in [1.82, 2.24) is 14.7 Å². The van der Waals surface area contributed by atoms with Crippen LogP contribution in [0.15, 0.2) is 42.6 Å². The smallest absolute Gasteiger partial charge is 0.319 e. The van der Waals surface area contributed by atoms with Crippen LogP contribution in [0.5, 0.6) is 0 Å². The number of anilines is 1. The Morgan fingerprint density at radius 1 is 1.27 bits per heavy atom. The van der Waals surface area contributed by atoms with Crippen LogP contribution in [0.25, 0.3) is 0 Å². The highest BCUT2D eigenvalue weighted by molar-refractivity contribution is 5.89. The summed E-state index contributed by atoms with van der Waals surface area (Å²) in [4.78, 5) is 13.7. The number of alkyl halides is 3. The van der Waals surface area contributed by atoms with Gasteiger partial charge < -0.3 is 4.90 Å². The molecule has 2 heterocycles. The van der Waals surface area contributed by atoms with Gasteiger partial charge in [0, 0.05) is 18.8 Å². The SMILES string of the molecule is CC1(C)C(C(F)(F)F)CCN1C(=O)Nc1ccn(Cc2ccccc2)n1. The molecule has 1 aromatic carbocycles. The maximum atomic E-state index is 13.2. The fourth-order valence-corrected chi connectivity index (χ4v) is 3.48. The molecule has 1 atom stereocenters. The molecule has 1 N–H and O–H groups in total. The molecule has 2 amide bonds. The Kier molecular flexibility index (Phi) is 4.68. The normalized spacial score (nSPS) is 19.6. The molecule has 0 spiro atoms. The highest BCUT2D eigenvalue weighted by Crippen LogP contribution is 2.44. The summed E-state index contributed by atoms with van der Waals surface area (Å²) >= 11 is 0. The summed E-state index contributed by atoms with van der Waals surface area (Å²) in [6, 6.07) is 10.8. The Balaban J connectivity index is 1.66. The Hall–Kier alpha value is -2.51. The van der Waals surface area contributed by atoms with Crippen LogP contribution < -0.4 is 5.32 Å². The number of aromatic nitrogens is 2. The van der Waals surface area contributed by atoms with Crippen LogP contribution in [0, 0.1) is 5.92 Å². The van der Waals surface area contributed by atoms with Crippen LogP contribution in [-0.2, 0) is 6.54 Å². The lowest BCUT2D eigenvalue weighted by molar-refractivity contribution is -0.189. The van der Waals surface area contributed by atoms with Crippen LogP contribution in [0.3, 0.4) is 0 Å². The Morgan fingerprint density at radius 3 is 2.58 bits per heavy atom. The van der Waals surface area contributed by atoms with Crippen molar-refractivity contribution >= 4 is 11.8 Å². The van der Waals surface area contributed by atoms with Gasteiger partial charge >= 0.3 is 12.2 Å². The fourth-order valence-electron chi connectivity index (χ4n) is 3.48. The highest BCUT2D eigenvalue weighted by atomic mass is 19.4. The van der Waals surface area contributed by atoms with Gasteiger partial charge in [-0.05, 0) is 25.8 Å². The standard InChI is InChI=1S/C18H21F3N4O/c1-17(2)14(18(19,20)21)8-11-25(17)16(26)22-15-9-10-24(23-15)12-13-6-4-3-5-7-13/h3-7,9-10,14H,8,11-12H2,1-2H3,(H,22,23,26). The summed E-state index contributed by atoms with van der Waals surface area (Å²) in [5.74, 6) is -1.21. The number of amides is 2. The highest BCUT2D eigenvalue weighted by Gasteiger charge is 2.56. The largest absolute Gasteiger partial charge is 0.394 e. The van der Waals surface area contributed by atoms with Gasteiger partial charge in [-0.2, -0.15) is 18.3 Å². The third-order valence-electron chi connectivity index (χ3n) is 4.89. The predicted molar refractivity (Wildman–Crippen MR) is 91.7 cm³/mol. The van der Waals surface area contributed by atoms with Gasteiger partial charge in [0.25, 0.3) is 0 Å². The second kappa shape index (κ2) is 6.66. The molecule has 140 valence electrons. The fraction of sp³-hybridized carbons (Fsp3) is 0.444. The van der Waals surface area contributed by atoms with E-state index in [1.54, 1.807) is 16.9 Å². The van der Waals surface area contributed by atoms with E-state index in [9.17, 15) is 18.0 Å². The number of urea groups is 1. The number of benzene rings is 1. The van der Waals surface area contributed by atoms with Crippen LogP contribution in [0.1, 0.15) is 25.8 Å². The van der Waals surface area contributed by atoms with E-state index < -0.39 is 23.7 Å². The molecule has 3 rings (SSSR count). The second-order valence-electron chi connectivity index (χ2n) is 7.00. The molecule has 8 heteroatoms. The molecular formula is C18H21F3N4O. The number of carbonyl (C=O) groups is 1. The number of likely N-dealkylation sites (tertiary alicyclic amines) is 1. The minimum Gasteiger partial charge on any atom is -0.319 e. The molecule has 0 saturated carbocycles. The van der Waals surface area contributed by atoms with Crippen molar-refractivity contribution in [1.29, 1.82) is 0 Å². The first kappa shape index (κ1) is 18.3. The molecule has 2 aromatic rings. The van der Waals surface area contributed by atoms with Crippen molar-refractivity contribution in [2.75, 3.05) is 11.9 Å². The van der Waals surface area contributed by atoms with E-state index in [1.807, 2.05) is 30.3 Å². The first-order valence-corrected chi connectivity index (χ1v) is 8.40. The second-order valence-corrected chi connectivity index (χ2v) is 7.00. The number of halogens is 3. The van der Waals surface area contributed by atoms with Crippen molar-refractivity contribution in [3.63, 3.8) is 0 Å². The summed E-state index contributed by atoms with van der Waals surface area (Å²) in [5.41, 5.74) is -0.239. The molecule has 1 fully saturated rings. The topological polar surface area (TPSA) is 50.2 Å². The first-order valence-electron chi connectivity index (χ1n) is 8.40. The number of nitrogens with zero attached hydrogens (tertiary/aromatic N) is 3. The van der Waals surface area contributed by atoms with Crippen molar-refractivity contribution in [2.45, 2.75) is 38.5 Å². The molecule has 5 nitrogen and oxygen atoms in total. The zero-order valence-corrected chi connectivity index (χ0v) is 14.6. The lowest BCUT2D eigenvalue weighted by Gasteiger charge is -2.36. The van der Waals surface area contributed by atoms with Gasteiger partial charge in [-0.1, -0.05) is 30.3 Å². The molecule has 26 heavy (non-hydrogen) atoms. The number of hydrogen-bond donors (Lipinski definition) is 1. The van der Waals surface area contributed by atoms with Gasteiger partial charge in [0.15, 0.2) is 5.82 Å². The van der Waals surface area contributed by atoms with Crippen LogP contribution in [-0.4, -0.2) is 39.0 Å². The Bertz CT molecular complexity index is 770. The molecule has 0 aliphatic carbocycles. The monoisotopic (exact) mass is 366 g/mol. The number of hydrogen-bond acceptors (Lipinski definition) is 2. The summed E-state index contributed by atoms with van der Waals surface area (Å²) < 4.78 is 41.1. The maximum absolute atomic E-state index is 13.2. The number of carbonyl (C=O) groups excluding carboxylic acids is 1. The van der Waals surface area contributed by atoms with Crippen molar-refractivity contribution in [3.05, 3.63) is 48.2 Å². The zero-order chi connectivity index (χ0) is 18.9. The quantitative estimate of drug-likeness (QED) is 0.888. The molecule has 1 aliphatic heterocycles. The Morgan fingerprint density at radius 2 is 1.96 bits per heavy atom. The third kappa shape index (κ3) is 3.68. The minimum absolute atomic E-state index is 0.0632. The average Bonchev–Trinajstić information content (AvgIpc) is 3.11. The zero-order valence-electron chi connectivity index (χ0n) is 14.6. The minimum atomic E-state index is -4.32. The van der Waals surface area contributed by atoms with Gasteiger partial charge in [-0.15, -0.1) is 0 Å². The molecule has 1 unspecified atom stereocenters. The van der Waals surface area contributed by atoms with Gasteiger partial charge in [0.05, 0.1) is 18.0 Å². The number of rotatable bonds is 3. The first-order chi connectivity index (χ1) is 12.2. The maximum Gasteiger partial charge on any atom is 0.394 e. The van der Waals surface area contributed by atoms with Crippen molar-refractivity contribution < 1.29 is 18.0 Å². The predicted octanol–water partition coefficient (Wildman–Crippen LogP) is 4.13. The van der Waals surface area contributed by atoms with E-state index in [0.29, 0.717) is 12.4 Å². The third-order valence-corrected chi connectivity index (χ3v) is 4.89. The van der Waals surface area contributed by atoms with Crippen molar-refractivity contribution in [3.8, 4) is 0 Å². The molecule has 0 radical (unpaired) electrons. The van der Waals surface area contributed by atoms with E-state index in [1.165, 1.54) is 18.7 Å². The summed E-state index contributed by atoms with van der Waals surface area (Å²) in [5, 5.41) is 6.87. The van der Waals surface area contributed by atoms with E-state index in [4.69, 9.17) is 0 Å². The van der Waals surface area contributed by atoms with E-state index in [-0.39, 0.29) is 13.0 Å². The van der Waals surface area contributed by atoms with E-state index in [2.05, 4.69) is 10.4 Å². The molecule has 1 aliphatic rings. The van der Waals surface area contributed by atoms with E-state index in [0.717, 1.165) is 5.56 Å². The molecule has 0 bridgehead atoms. The van der Waals surface area contributed by atoms with Crippen LogP contribution >= 0.6 is 0 Å². The molecule has 1 saturated heterocycles. The van der Waals surface area contributed by atoms with Crippen LogP contribution in [0.2, 0.25) is 0 Å². The molecular weight excluding hydrogens is 345 g/mol. The van der Waals surface area contributed by atoms with Crippen LogP contribution in [0.4, 0.5) is 23.8 Å². The number of nitrogens with one attached hydrogen (secondary N) is 1. The molecule has 1 aromatic heterocycles. The van der Waals surface area contributed by atoms with E-state index >= 15 is 0 Å². The summed E-state index contributed by atoms with van der Waals surface area (Å²) in [6.07, 6.45) is -2.70. The van der Waals surface area contributed by atoms with Gasteiger partial charge in [0.2, 0.25) is 0 Å². The Labute approximate surface area is 149 Å². The van der Waals surface area contributed by atoms with Gasteiger partial charge in [0.1, 0.15) is 0 Å². The van der Waals surface area contributed by atoms with Gasteiger partial charge in [-0.25, -0.2) is 4.79 Å². The average molecular weight is 366 g/mol. The lowest BCUT2D eigenvalue weighted by Crippen LogP contribution is -2.51. The summed E-state index contributed by atoms with van der Waals surface area (Å²) in [6.45, 7) is 3.51.